The first-order chi connectivity index (χ1) is 15.6. The van der Waals surface area contributed by atoms with Crippen molar-refractivity contribution in [1.82, 2.24) is 0 Å². The summed E-state index contributed by atoms with van der Waals surface area (Å²) in [4.78, 5) is 12.5. The van der Waals surface area contributed by atoms with E-state index in [1.807, 2.05) is 6.07 Å². The van der Waals surface area contributed by atoms with Crippen LogP contribution in [0.25, 0.3) is 6.08 Å². The van der Waals surface area contributed by atoms with E-state index in [1.54, 1.807) is 30.3 Å². The van der Waals surface area contributed by atoms with Gasteiger partial charge in [-0.1, -0.05) is 51.3 Å². The second-order valence-electron chi connectivity index (χ2n) is 6.40. The van der Waals surface area contributed by atoms with E-state index in [2.05, 4.69) is 37.2 Å². The van der Waals surface area contributed by atoms with E-state index in [-0.39, 0.29) is 26.3 Å². The van der Waals surface area contributed by atoms with Gasteiger partial charge in [0.25, 0.3) is 5.91 Å². The Bertz CT molecular complexity index is 1400. The average molecular weight is 631 g/mol. The standard InChI is InChI=1S/C22H12Br2Cl2N2O4S/c23-15-10-13(9-14(12-27)22(29)28-20-4-2-1-3-19(20)26)21(18(24)11-15)32-33(30,31)17-7-5-16(25)6-8-17/h1-11H,(H,28,29)/b14-9+. The lowest BCUT2D eigenvalue weighted by atomic mass is 10.1. The summed E-state index contributed by atoms with van der Waals surface area (Å²) in [7, 11) is -4.24. The summed E-state index contributed by atoms with van der Waals surface area (Å²) < 4.78 is 31.8. The van der Waals surface area contributed by atoms with Crippen LogP contribution in [0.2, 0.25) is 10.0 Å². The minimum atomic E-state index is -4.24. The predicted octanol–water partition coefficient (Wildman–Crippen LogP) is 6.83. The molecule has 0 fully saturated rings. The van der Waals surface area contributed by atoms with Gasteiger partial charge in [-0.3, -0.25) is 4.79 Å². The van der Waals surface area contributed by atoms with Gasteiger partial charge in [-0.05, 0) is 70.5 Å². The van der Waals surface area contributed by atoms with Crippen molar-refractivity contribution in [3.63, 3.8) is 0 Å². The normalized spacial score (nSPS) is 11.5. The van der Waals surface area contributed by atoms with Gasteiger partial charge in [-0.15, -0.1) is 0 Å². The van der Waals surface area contributed by atoms with Gasteiger partial charge in [0.2, 0.25) is 0 Å². The van der Waals surface area contributed by atoms with Gasteiger partial charge in [0, 0.05) is 15.1 Å². The molecule has 0 heterocycles. The minimum absolute atomic E-state index is 0.105. The molecule has 0 saturated carbocycles. The number of benzene rings is 3. The SMILES string of the molecule is N#C/C(=C\c1cc(Br)cc(Br)c1OS(=O)(=O)c1ccc(Cl)cc1)C(=O)Nc1ccccc1Cl. The molecule has 0 radical (unpaired) electrons. The molecule has 0 aliphatic carbocycles. The van der Waals surface area contributed by atoms with Crippen molar-refractivity contribution in [3.05, 3.63) is 90.8 Å². The van der Waals surface area contributed by atoms with Gasteiger partial charge in [0.1, 0.15) is 16.5 Å². The fourth-order valence-corrected chi connectivity index (χ4v) is 5.32. The average Bonchev–Trinajstić information content (AvgIpc) is 2.76. The first kappa shape index (κ1) is 25.3. The van der Waals surface area contributed by atoms with Crippen molar-refractivity contribution in [2.75, 3.05) is 5.32 Å². The van der Waals surface area contributed by atoms with E-state index < -0.39 is 16.0 Å². The molecule has 0 spiro atoms. The molecule has 0 aromatic heterocycles. The maximum Gasteiger partial charge on any atom is 0.339 e. The van der Waals surface area contributed by atoms with E-state index in [9.17, 15) is 18.5 Å². The van der Waals surface area contributed by atoms with Gasteiger partial charge in [0.05, 0.1) is 15.2 Å². The van der Waals surface area contributed by atoms with E-state index >= 15 is 0 Å². The lowest BCUT2D eigenvalue weighted by Crippen LogP contribution is -2.14. The highest BCUT2D eigenvalue weighted by Crippen LogP contribution is 2.36. The van der Waals surface area contributed by atoms with Crippen LogP contribution in [0.1, 0.15) is 5.56 Å². The monoisotopic (exact) mass is 628 g/mol. The zero-order valence-corrected chi connectivity index (χ0v) is 21.9. The van der Waals surface area contributed by atoms with E-state index in [1.165, 1.54) is 36.4 Å². The number of anilines is 1. The number of nitrogens with zero attached hydrogens (tertiary/aromatic N) is 1. The third-order valence-corrected chi connectivity index (χ3v) is 6.98. The Morgan fingerprint density at radius 1 is 1.06 bits per heavy atom. The summed E-state index contributed by atoms with van der Waals surface area (Å²) in [6.45, 7) is 0. The van der Waals surface area contributed by atoms with Crippen LogP contribution in [0.3, 0.4) is 0 Å². The Morgan fingerprint density at radius 2 is 1.73 bits per heavy atom. The highest BCUT2D eigenvalue weighted by atomic mass is 79.9. The number of nitriles is 1. The molecule has 3 aromatic carbocycles. The molecule has 3 aromatic rings. The molecule has 0 aliphatic heterocycles. The van der Waals surface area contributed by atoms with E-state index in [0.29, 0.717) is 20.2 Å². The summed E-state index contributed by atoms with van der Waals surface area (Å²) in [6, 6.07) is 16.9. The van der Waals surface area contributed by atoms with Gasteiger partial charge in [0.15, 0.2) is 5.75 Å². The number of para-hydroxylation sites is 1. The van der Waals surface area contributed by atoms with Crippen molar-refractivity contribution in [1.29, 1.82) is 5.26 Å². The zero-order chi connectivity index (χ0) is 24.2. The largest absolute Gasteiger partial charge is 0.377 e. The number of nitrogens with one attached hydrogen (secondary N) is 1. The number of carbonyl (C=O) groups is 1. The first-order valence-corrected chi connectivity index (χ1v) is 12.7. The molecule has 0 unspecified atom stereocenters. The Kier molecular flexibility index (Phi) is 8.21. The molecule has 3 rings (SSSR count). The van der Waals surface area contributed by atoms with Crippen LogP contribution in [-0.2, 0) is 14.9 Å². The lowest BCUT2D eigenvalue weighted by molar-refractivity contribution is -0.112. The summed E-state index contributed by atoms with van der Waals surface area (Å²) in [5, 5.41) is 12.8. The first-order valence-electron chi connectivity index (χ1n) is 8.97. The molecule has 11 heteroatoms. The molecule has 1 amide bonds. The Morgan fingerprint density at radius 3 is 2.36 bits per heavy atom. The van der Waals surface area contributed by atoms with Crippen molar-refractivity contribution in [2.45, 2.75) is 4.90 Å². The number of amides is 1. The van der Waals surface area contributed by atoms with Crippen LogP contribution in [0.5, 0.6) is 5.75 Å². The summed E-state index contributed by atoms with van der Waals surface area (Å²) in [6.07, 6.45) is 1.22. The number of hydrogen-bond acceptors (Lipinski definition) is 5. The Hall–Kier alpha value is -2.35. The fraction of sp³-hybridized carbons (Fsp3) is 0. The third-order valence-electron chi connectivity index (χ3n) is 4.12. The minimum Gasteiger partial charge on any atom is -0.377 e. The molecular formula is C22H12Br2Cl2N2O4S. The van der Waals surface area contributed by atoms with E-state index in [0.717, 1.165) is 0 Å². The molecule has 6 nitrogen and oxygen atoms in total. The smallest absolute Gasteiger partial charge is 0.339 e. The zero-order valence-electron chi connectivity index (χ0n) is 16.4. The quantitative estimate of drug-likeness (QED) is 0.183. The second-order valence-corrected chi connectivity index (χ2v) is 10.6. The number of hydrogen-bond donors (Lipinski definition) is 1. The van der Waals surface area contributed by atoms with Crippen LogP contribution < -0.4 is 9.50 Å². The Balaban J connectivity index is 2.01. The van der Waals surface area contributed by atoms with Crippen molar-refractivity contribution in [2.24, 2.45) is 0 Å². The van der Waals surface area contributed by atoms with Gasteiger partial charge < -0.3 is 9.50 Å². The fourth-order valence-electron chi connectivity index (χ4n) is 2.59. The molecule has 0 saturated heterocycles. The molecule has 0 atom stereocenters. The van der Waals surface area contributed by atoms with E-state index in [4.69, 9.17) is 27.4 Å². The Labute approximate surface area is 217 Å². The summed E-state index contributed by atoms with van der Waals surface area (Å²) >= 11 is 18.5. The van der Waals surface area contributed by atoms with Gasteiger partial charge in [-0.2, -0.15) is 13.7 Å². The predicted molar refractivity (Wildman–Crippen MR) is 135 cm³/mol. The topological polar surface area (TPSA) is 96.3 Å². The van der Waals surface area contributed by atoms with Crippen LogP contribution >= 0.6 is 55.1 Å². The molecule has 33 heavy (non-hydrogen) atoms. The highest BCUT2D eigenvalue weighted by Gasteiger charge is 2.22. The molecule has 168 valence electrons. The third kappa shape index (κ3) is 6.37. The number of halogens is 4. The second kappa shape index (κ2) is 10.7. The van der Waals surface area contributed by atoms with Crippen LogP contribution in [-0.4, -0.2) is 14.3 Å². The van der Waals surface area contributed by atoms with Gasteiger partial charge in [-0.25, -0.2) is 0 Å². The summed E-state index contributed by atoms with van der Waals surface area (Å²) in [5.41, 5.74) is 0.191. The molecule has 0 aliphatic rings. The number of rotatable bonds is 6. The van der Waals surface area contributed by atoms with Crippen LogP contribution in [0.4, 0.5) is 5.69 Å². The maximum atomic E-state index is 12.8. The summed E-state index contributed by atoms with van der Waals surface area (Å²) in [5.74, 6) is -0.834. The lowest BCUT2D eigenvalue weighted by Gasteiger charge is -2.13. The molecular weight excluding hydrogens is 619 g/mol. The van der Waals surface area contributed by atoms with Gasteiger partial charge >= 0.3 is 10.1 Å². The van der Waals surface area contributed by atoms with Crippen molar-refractivity contribution >= 4 is 82.9 Å². The highest BCUT2D eigenvalue weighted by molar-refractivity contribution is 9.11. The molecule has 0 bridgehead atoms. The van der Waals surface area contributed by atoms with Crippen LogP contribution in [0, 0.1) is 11.3 Å². The maximum absolute atomic E-state index is 12.8. The van der Waals surface area contributed by atoms with Crippen molar-refractivity contribution < 1.29 is 17.4 Å². The van der Waals surface area contributed by atoms with Crippen molar-refractivity contribution in [3.8, 4) is 11.8 Å². The van der Waals surface area contributed by atoms with Crippen LogP contribution in [0.15, 0.2) is 80.1 Å². The number of carbonyl (C=O) groups excluding carboxylic acids is 1. The molecule has 1 N–H and O–H groups in total.